The van der Waals surface area contributed by atoms with Gasteiger partial charge in [0, 0.05) is 38.3 Å². The van der Waals surface area contributed by atoms with E-state index in [4.69, 9.17) is 15.5 Å². The molecule has 3 atom stereocenters. The van der Waals surface area contributed by atoms with Crippen LogP contribution < -0.4 is 10.6 Å². The predicted octanol–water partition coefficient (Wildman–Crippen LogP) is 2.91. The minimum absolute atomic E-state index is 0.0279. The van der Waals surface area contributed by atoms with Gasteiger partial charge in [0.05, 0.1) is 19.1 Å². The molecule has 0 radical (unpaired) electrons. The molecule has 2 aliphatic heterocycles. The zero-order chi connectivity index (χ0) is 22.1. The highest BCUT2D eigenvalue weighted by Gasteiger charge is 2.57. The van der Waals surface area contributed by atoms with Gasteiger partial charge in [0.1, 0.15) is 11.5 Å². The van der Waals surface area contributed by atoms with Crippen LogP contribution in [0.15, 0.2) is 47.6 Å². The summed E-state index contributed by atoms with van der Waals surface area (Å²) in [7, 11) is 0. The molecule has 0 bridgehead atoms. The highest BCUT2D eigenvalue weighted by Crippen LogP contribution is 2.59. The van der Waals surface area contributed by atoms with E-state index < -0.39 is 0 Å². The number of amidine groups is 1. The number of allylic oxidation sites excluding steroid dienone is 3. The molecule has 3 unspecified atom stereocenters. The summed E-state index contributed by atoms with van der Waals surface area (Å²) in [6.45, 7) is 6.81. The number of pyridine rings is 1. The molecular formula is C25H33N5O2. The number of likely N-dealkylation sites (tertiary alicyclic amines) is 1. The standard InChI is InChI=1S/C25H33N5O2/c1-18-5-2-3-6-19(18)24(31)30-11-8-25(9-12-30)17-20(25)22(26)28-21-7-4-10-27-23(21)29-13-15-32-16-14-29/h2-7,10,18-20H,8-9,11-17H2,1H3,(H2,26,28). The lowest BCUT2D eigenvalue weighted by atomic mass is 9.86. The molecule has 5 rings (SSSR count). The van der Waals surface area contributed by atoms with Gasteiger partial charge in [0.2, 0.25) is 5.91 Å². The van der Waals surface area contributed by atoms with Crippen LogP contribution in [0.25, 0.3) is 0 Å². The normalized spacial score (nSPS) is 29.4. The monoisotopic (exact) mass is 435 g/mol. The maximum atomic E-state index is 13.0. The molecule has 1 saturated carbocycles. The highest BCUT2D eigenvalue weighted by atomic mass is 16.5. The summed E-state index contributed by atoms with van der Waals surface area (Å²) in [5, 5.41) is 0. The molecule has 1 aromatic heterocycles. The van der Waals surface area contributed by atoms with E-state index in [-0.39, 0.29) is 23.2 Å². The number of carbonyl (C=O) groups is 1. The summed E-state index contributed by atoms with van der Waals surface area (Å²) in [4.78, 5) is 26.7. The minimum Gasteiger partial charge on any atom is -0.387 e. The number of carbonyl (C=O) groups excluding carboxylic acids is 1. The molecule has 2 aliphatic carbocycles. The second-order valence-electron chi connectivity index (χ2n) is 9.58. The second-order valence-corrected chi connectivity index (χ2v) is 9.58. The molecule has 3 heterocycles. The van der Waals surface area contributed by atoms with Crippen molar-refractivity contribution in [3.05, 3.63) is 42.6 Å². The molecule has 0 aromatic carbocycles. The predicted molar refractivity (Wildman–Crippen MR) is 126 cm³/mol. The Bertz CT molecular complexity index is 941. The molecule has 3 fully saturated rings. The fourth-order valence-corrected chi connectivity index (χ4v) is 5.44. The Morgan fingerprint density at radius 3 is 2.69 bits per heavy atom. The molecule has 32 heavy (non-hydrogen) atoms. The van der Waals surface area contributed by atoms with E-state index in [9.17, 15) is 4.79 Å². The third kappa shape index (κ3) is 4.06. The van der Waals surface area contributed by atoms with Crippen molar-refractivity contribution < 1.29 is 9.53 Å². The number of anilines is 1. The maximum Gasteiger partial charge on any atom is 0.230 e. The fourth-order valence-electron chi connectivity index (χ4n) is 5.44. The van der Waals surface area contributed by atoms with E-state index in [1.165, 1.54) is 0 Å². The van der Waals surface area contributed by atoms with Crippen molar-refractivity contribution in [2.45, 2.75) is 26.2 Å². The van der Waals surface area contributed by atoms with Crippen LogP contribution in [0, 0.1) is 23.2 Å². The van der Waals surface area contributed by atoms with Gasteiger partial charge in [-0.25, -0.2) is 9.98 Å². The van der Waals surface area contributed by atoms with E-state index in [0.29, 0.717) is 25.0 Å². The Morgan fingerprint density at radius 1 is 1.19 bits per heavy atom. The first-order valence-electron chi connectivity index (χ1n) is 11.8. The Labute approximate surface area is 190 Å². The van der Waals surface area contributed by atoms with Crippen LogP contribution in [0.5, 0.6) is 0 Å². The minimum atomic E-state index is -0.0279. The van der Waals surface area contributed by atoms with Gasteiger partial charge >= 0.3 is 0 Å². The second kappa shape index (κ2) is 8.70. The summed E-state index contributed by atoms with van der Waals surface area (Å²) in [5.41, 5.74) is 7.57. The van der Waals surface area contributed by atoms with Crippen LogP contribution in [0.2, 0.25) is 0 Å². The number of nitrogens with zero attached hydrogens (tertiary/aromatic N) is 4. The van der Waals surface area contributed by atoms with Gasteiger partial charge in [-0.3, -0.25) is 4.79 Å². The number of ether oxygens (including phenoxy) is 1. The van der Waals surface area contributed by atoms with Crippen molar-refractivity contribution in [1.29, 1.82) is 0 Å². The molecule has 2 N–H and O–H groups in total. The fraction of sp³-hybridized carbons (Fsp3) is 0.560. The molecule has 7 nitrogen and oxygen atoms in total. The summed E-state index contributed by atoms with van der Waals surface area (Å²) in [5.74, 6) is 2.39. The van der Waals surface area contributed by atoms with E-state index in [1.807, 2.05) is 36.6 Å². The van der Waals surface area contributed by atoms with Gasteiger partial charge < -0.3 is 20.3 Å². The molecule has 1 aromatic rings. The SMILES string of the molecule is CC1C=CC=CC1C(=O)N1CCC2(CC1)CC2C(N)=Nc1cccnc1N1CCOCC1. The van der Waals surface area contributed by atoms with Crippen LogP contribution in [-0.4, -0.2) is 61.0 Å². The first kappa shape index (κ1) is 21.2. The maximum absolute atomic E-state index is 13.0. The van der Waals surface area contributed by atoms with Crippen LogP contribution >= 0.6 is 0 Å². The number of nitrogens with two attached hydrogens (primary N) is 1. The summed E-state index contributed by atoms with van der Waals surface area (Å²) in [6.07, 6.45) is 13.1. The average molecular weight is 436 g/mol. The molecular weight excluding hydrogens is 402 g/mol. The van der Waals surface area contributed by atoms with Gasteiger partial charge in [0.15, 0.2) is 5.82 Å². The smallest absolute Gasteiger partial charge is 0.230 e. The van der Waals surface area contributed by atoms with Crippen LogP contribution in [0.3, 0.4) is 0 Å². The summed E-state index contributed by atoms with van der Waals surface area (Å²) in [6, 6.07) is 3.91. The highest BCUT2D eigenvalue weighted by molar-refractivity contribution is 5.90. The third-order valence-electron chi connectivity index (χ3n) is 7.64. The first-order valence-corrected chi connectivity index (χ1v) is 11.8. The van der Waals surface area contributed by atoms with Gasteiger partial charge in [-0.1, -0.05) is 31.2 Å². The third-order valence-corrected chi connectivity index (χ3v) is 7.64. The molecule has 2 saturated heterocycles. The Hall–Kier alpha value is -2.67. The number of amides is 1. The average Bonchev–Trinajstić information content (AvgIpc) is 3.53. The van der Waals surface area contributed by atoms with E-state index >= 15 is 0 Å². The molecule has 7 heteroatoms. The van der Waals surface area contributed by atoms with Crippen molar-refractivity contribution in [2.75, 3.05) is 44.3 Å². The van der Waals surface area contributed by atoms with Crippen molar-refractivity contribution in [3.63, 3.8) is 0 Å². The van der Waals surface area contributed by atoms with Crippen molar-refractivity contribution in [2.24, 2.45) is 33.9 Å². The number of hydrogen-bond donors (Lipinski definition) is 1. The summed E-state index contributed by atoms with van der Waals surface area (Å²) >= 11 is 0. The quantitative estimate of drug-likeness (QED) is 0.581. The topological polar surface area (TPSA) is 84.0 Å². The van der Waals surface area contributed by atoms with Gasteiger partial charge in [-0.2, -0.15) is 0 Å². The lowest BCUT2D eigenvalue weighted by Gasteiger charge is -2.35. The molecule has 4 aliphatic rings. The van der Waals surface area contributed by atoms with Crippen LogP contribution in [0.4, 0.5) is 11.5 Å². The van der Waals surface area contributed by atoms with E-state index in [1.54, 1.807) is 0 Å². The number of morpholine rings is 1. The zero-order valence-corrected chi connectivity index (χ0v) is 18.8. The van der Waals surface area contributed by atoms with E-state index in [0.717, 1.165) is 56.9 Å². The Kier molecular flexibility index (Phi) is 5.76. The number of piperidine rings is 1. The van der Waals surface area contributed by atoms with Crippen molar-refractivity contribution in [1.82, 2.24) is 9.88 Å². The zero-order valence-electron chi connectivity index (χ0n) is 18.8. The van der Waals surface area contributed by atoms with Crippen LogP contribution in [0.1, 0.15) is 26.2 Å². The molecule has 1 spiro atoms. The number of rotatable bonds is 4. The number of aromatic nitrogens is 1. The van der Waals surface area contributed by atoms with Crippen LogP contribution in [-0.2, 0) is 9.53 Å². The lowest BCUT2D eigenvalue weighted by Crippen LogP contribution is -2.44. The van der Waals surface area contributed by atoms with E-state index in [2.05, 4.69) is 27.8 Å². The largest absolute Gasteiger partial charge is 0.387 e. The van der Waals surface area contributed by atoms with Gasteiger partial charge in [-0.05, 0) is 42.7 Å². The van der Waals surface area contributed by atoms with Gasteiger partial charge in [-0.15, -0.1) is 0 Å². The van der Waals surface area contributed by atoms with Crippen molar-refractivity contribution in [3.8, 4) is 0 Å². The number of aliphatic imine (C=N–C) groups is 1. The first-order chi connectivity index (χ1) is 15.6. The molecule has 1 amide bonds. The Morgan fingerprint density at radius 2 is 1.94 bits per heavy atom. The Balaban J connectivity index is 1.23. The van der Waals surface area contributed by atoms with Crippen molar-refractivity contribution >= 4 is 23.2 Å². The van der Waals surface area contributed by atoms with Gasteiger partial charge in [0.25, 0.3) is 0 Å². The summed E-state index contributed by atoms with van der Waals surface area (Å²) < 4.78 is 5.47. The number of hydrogen-bond acceptors (Lipinski definition) is 5. The lowest BCUT2D eigenvalue weighted by molar-refractivity contribution is -0.136. The molecule has 170 valence electrons.